The standard InChI is InChI=1S/C20H21ClF3N7O2/c1-4-33-18(32)17-29-14(16-11(2)6-26-19(21)30-16)9-31(17)8-12(3)25-7-13-5-15(20(22,23)24)28-10-27-13/h5-6,9-10,12,25H,4,7-8H2,1-3H3/t12-/m0/s1. The normalized spacial score (nSPS) is 12.6. The van der Waals surface area contributed by atoms with E-state index in [1.165, 1.54) is 0 Å². The van der Waals surface area contributed by atoms with Crippen LogP contribution in [0.5, 0.6) is 0 Å². The minimum atomic E-state index is -4.55. The molecule has 176 valence electrons. The highest BCUT2D eigenvalue weighted by Crippen LogP contribution is 2.27. The number of carbonyl (C=O) groups excluding carboxylic acids is 1. The third-order valence-corrected chi connectivity index (χ3v) is 4.72. The molecule has 3 rings (SSSR count). The number of alkyl halides is 3. The molecule has 13 heteroatoms. The second-order valence-corrected chi connectivity index (χ2v) is 7.51. The summed E-state index contributed by atoms with van der Waals surface area (Å²) in [6.07, 6.45) is -0.481. The Morgan fingerprint density at radius 3 is 2.73 bits per heavy atom. The Morgan fingerprint density at radius 1 is 1.27 bits per heavy atom. The summed E-state index contributed by atoms with van der Waals surface area (Å²) in [7, 11) is 0. The molecule has 33 heavy (non-hydrogen) atoms. The molecule has 0 radical (unpaired) electrons. The number of esters is 1. The lowest BCUT2D eigenvalue weighted by Crippen LogP contribution is -2.31. The number of aromatic nitrogens is 6. The van der Waals surface area contributed by atoms with Crippen LogP contribution in [0.2, 0.25) is 5.28 Å². The number of hydrogen-bond acceptors (Lipinski definition) is 8. The van der Waals surface area contributed by atoms with Crippen LogP contribution in [0.1, 0.15) is 41.4 Å². The van der Waals surface area contributed by atoms with Crippen LogP contribution in [0.3, 0.4) is 0 Å². The van der Waals surface area contributed by atoms with E-state index in [0.717, 1.165) is 18.0 Å². The minimum Gasteiger partial charge on any atom is -0.460 e. The summed E-state index contributed by atoms with van der Waals surface area (Å²) < 4.78 is 45.3. The summed E-state index contributed by atoms with van der Waals surface area (Å²) in [5.74, 6) is -0.546. The van der Waals surface area contributed by atoms with Crippen molar-refractivity contribution < 1.29 is 22.7 Å². The maximum absolute atomic E-state index is 12.9. The molecule has 0 aliphatic heterocycles. The highest BCUT2D eigenvalue weighted by molar-refractivity contribution is 6.28. The van der Waals surface area contributed by atoms with Crippen LogP contribution in [-0.4, -0.2) is 48.1 Å². The fraction of sp³-hybridized carbons (Fsp3) is 0.400. The van der Waals surface area contributed by atoms with E-state index in [0.29, 0.717) is 11.4 Å². The SMILES string of the molecule is CCOC(=O)c1nc(-c2nc(Cl)ncc2C)cn1C[C@H](C)NCc1cc(C(F)(F)F)ncn1. The van der Waals surface area contributed by atoms with Crippen LogP contribution in [-0.2, 0) is 24.0 Å². The first kappa shape index (κ1) is 24.5. The number of halogens is 4. The highest BCUT2D eigenvalue weighted by Gasteiger charge is 2.32. The number of ether oxygens (including phenoxy) is 1. The van der Waals surface area contributed by atoms with Gasteiger partial charge in [-0.15, -0.1) is 0 Å². The van der Waals surface area contributed by atoms with E-state index in [1.807, 2.05) is 6.92 Å². The van der Waals surface area contributed by atoms with Gasteiger partial charge in [-0.05, 0) is 44.0 Å². The summed E-state index contributed by atoms with van der Waals surface area (Å²) >= 11 is 5.91. The lowest BCUT2D eigenvalue weighted by molar-refractivity contribution is -0.141. The Kier molecular flexibility index (Phi) is 7.59. The second kappa shape index (κ2) is 10.2. The third kappa shape index (κ3) is 6.23. The predicted octanol–water partition coefficient (Wildman–Crippen LogP) is 3.47. The summed E-state index contributed by atoms with van der Waals surface area (Å²) in [5.41, 5.74) is 0.783. The molecule has 0 amide bonds. The predicted molar refractivity (Wildman–Crippen MR) is 112 cm³/mol. The molecule has 0 fully saturated rings. The number of nitrogens with zero attached hydrogens (tertiary/aromatic N) is 6. The first-order valence-corrected chi connectivity index (χ1v) is 10.3. The molecule has 0 saturated heterocycles. The van der Waals surface area contributed by atoms with Crippen molar-refractivity contribution in [1.82, 2.24) is 34.8 Å². The van der Waals surface area contributed by atoms with Crippen molar-refractivity contribution in [2.24, 2.45) is 0 Å². The number of rotatable bonds is 8. The van der Waals surface area contributed by atoms with Gasteiger partial charge in [-0.25, -0.2) is 29.7 Å². The topological polar surface area (TPSA) is 108 Å². The van der Waals surface area contributed by atoms with Crippen LogP contribution < -0.4 is 5.32 Å². The lowest BCUT2D eigenvalue weighted by Gasteiger charge is -2.16. The van der Waals surface area contributed by atoms with Crippen molar-refractivity contribution in [2.45, 2.75) is 46.1 Å². The number of aryl methyl sites for hydroxylation is 1. The molecule has 1 N–H and O–H groups in total. The monoisotopic (exact) mass is 483 g/mol. The van der Waals surface area contributed by atoms with Crippen LogP contribution in [0, 0.1) is 6.92 Å². The summed E-state index contributed by atoms with van der Waals surface area (Å²) in [6.45, 7) is 5.80. The van der Waals surface area contributed by atoms with E-state index >= 15 is 0 Å². The van der Waals surface area contributed by atoms with E-state index in [1.54, 1.807) is 30.8 Å². The average molecular weight is 484 g/mol. The van der Waals surface area contributed by atoms with E-state index in [9.17, 15) is 18.0 Å². The number of carbonyl (C=O) groups is 1. The van der Waals surface area contributed by atoms with Gasteiger partial charge in [0.05, 0.1) is 18.0 Å². The molecule has 0 spiro atoms. The van der Waals surface area contributed by atoms with Gasteiger partial charge in [0.25, 0.3) is 0 Å². The molecule has 9 nitrogen and oxygen atoms in total. The van der Waals surface area contributed by atoms with E-state index in [2.05, 4.69) is 30.2 Å². The Morgan fingerprint density at radius 2 is 2.03 bits per heavy atom. The van der Waals surface area contributed by atoms with Gasteiger partial charge in [0.1, 0.15) is 17.7 Å². The number of nitrogens with one attached hydrogen (secondary N) is 1. The smallest absolute Gasteiger partial charge is 0.433 e. The van der Waals surface area contributed by atoms with Crippen LogP contribution in [0.25, 0.3) is 11.4 Å². The molecule has 0 aliphatic rings. The molecule has 0 aliphatic carbocycles. The zero-order valence-electron chi connectivity index (χ0n) is 18.0. The minimum absolute atomic E-state index is 0.0425. The molecule has 3 aromatic rings. The first-order chi connectivity index (χ1) is 15.6. The van der Waals surface area contributed by atoms with Gasteiger partial charge in [0.15, 0.2) is 0 Å². The van der Waals surface area contributed by atoms with Gasteiger partial charge in [0, 0.05) is 31.5 Å². The van der Waals surface area contributed by atoms with Crippen molar-refractivity contribution in [3.63, 3.8) is 0 Å². The van der Waals surface area contributed by atoms with Crippen molar-refractivity contribution in [3.8, 4) is 11.4 Å². The first-order valence-electron chi connectivity index (χ1n) is 9.93. The van der Waals surface area contributed by atoms with E-state index in [-0.39, 0.29) is 42.5 Å². The third-order valence-electron chi connectivity index (χ3n) is 4.54. The Bertz CT molecular complexity index is 1140. The zero-order valence-corrected chi connectivity index (χ0v) is 18.8. The summed E-state index contributed by atoms with van der Waals surface area (Å²) in [5, 5.41) is 3.13. The van der Waals surface area contributed by atoms with Gasteiger partial charge in [0.2, 0.25) is 11.1 Å². The second-order valence-electron chi connectivity index (χ2n) is 7.17. The number of hydrogen-bond donors (Lipinski definition) is 1. The van der Waals surface area contributed by atoms with Crippen LogP contribution in [0.4, 0.5) is 13.2 Å². The van der Waals surface area contributed by atoms with Gasteiger partial charge in [-0.2, -0.15) is 13.2 Å². The fourth-order valence-electron chi connectivity index (χ4n) is 3.00. The largest absolute Gasteiger partial charge is 0.460 e. The van der Waals surface area contributed by atoms with Gasteiger partial charge >= 0.3 is 12.1 Å². The molecule has 3 heterocycles. The molecule has 1 atom stereocenters. The molecule has 0 aromatic carbocycles. The molecule has 3 aromatic heterocycles. The van der Waals surface area contributed by atoms with Gasteiger partial charge < -0.3 is 14.6 Å². The lowest BCUT2D eigenvalue weighted by atomic mass is 10.2. The quantitative estimate of drug-likeness (QED) is 0.383. The molecular formula is C20H21ClF3N7O2. The van der Waals surface area contributed by atoms with E-state index in [4.69, 9.17) is 16.3 Å². The Labute approximate surface area is 192 Å². The summed E-state index contributed by atoms with van der Waals surface area (Å²) in [4.78, 5) is 32.1. The fourth-order valence-corrected chi connectivity index (χ4v) is 3.13. The molecule has 0 unspecified atom stereocenters. The van der Waals surface area contributed by atoms with Crippen molar-refractivity contribution in [1.29, 1.82) is 0 Å². The van der Waals surface area contributed by atoms with Crippen LogP contribution in [0.15, 0.2) is 24.8 Å². The number of imidazole rings is 1. The van der Waals surface area contributed by atoms with Gasteiger partial charge in [-0.1, -0.05) is 0 Å². The maximum Gasteiger partial charge on any atom is 0.433 e. The average Bonchev–Trinajstić information content (AvgIpc) is 3.17. The van der Waals surface area contributed by atoms with Crippen molar-refractivity contribution in [2.75, 3.05) is 6.61 Å². The van der Waals surface area contributed by atoms with Crippen LogP contribution >= 0.6 is 11.6 Å². The highest BCUT2D eigenvalue weighted by atomic mass is 35.5. The zero-order chi connectivity index (χ0) is 24.2. The molecular weight excluding hydrogens is 463 g/mol. The van der Waals surface area contributed by atoms with Gasteiger partial charge in [-0.3, -0.25) is 0 Å². The Hall–Kier alpha value is -3.12. The summed E-state index contributed by atoms with van der Waals surface area (Å²) in [6, 6.07) is 0.625. The van der Waals surface area contributed by atoms with Crippen molar-refractivity contribution >= 4 is 17.6 Å². The maximum atomic E-state index is 12.9. The molecule has 0 saturated carbocycles. The van der Waals surface area contributed by atoms with E-state index < -0.39 is 17.8 Å². The van der Waals surface area contributed by atoms with Crippen molar-refractivity contribution in [3.05, 3.63) is 52.8 Å². The molecule has 0 bridgehead atoms. The Balaban J connectivity index is 1.79.